The smallest absolute Gasteiger partial charge is 0.0669 e. The normalized spacial score (nSPS) is 30.1. The second-order valence-corrected chi connectivity index (χ2v) is 8.35. The van der Waals surface area contributed by atoms with Gasteiger partial charge in [0.2, 0.25) is 0 Å². The van der Waals surface area contributed by atoms with Crippen LogP contribution in [0.3, 0.4) is 0 Å². The Bertz CT molecular complexity index is 318. The largest absolute Gasteiger partial charge is 0.392 e. The molecule has 0 aromatic heterocycles. The molecule has 0 aliphatic heterocycles. The summed E-state index contributed by atoms with van der Waals surface area (Å²) in [5, 5.41) is 13.9. The summed E-state index contributed by atoms with van der Waals surface area (Å²) < 4.78 is 5.99. The summed E-state index contributed by atoms with van der Waals surface area (Å²) in [4.78, 5) is 0. The molecule has 0 aromatic carbocycles. The number of ether oxygens (including phenoxy) is 1. The van der Waals surface area contributed by atoms with Crippen molar-refractivity contribution in [1.29, 1.82) is 0 Å². The molecule has 21 heavy (non-hydrogen) atoms. The molecule has 2 aliphatic carbocycles. The van der Waals surface area contributed by atoms with Crippen molar-refractivity contribution in [3.8, 4) is 0 Å². The second-order valence-electron chi connectivity index (χ2n) is 8.35. The molecule has 0 radical (unpaired) electrons. The van der Waals surface area contributed by atoms with Gasteiger partial charge in [0.1, 0.15) is 0 Å². The van der Waals surface area contributed by atoms with Gasteiger partial charge in [0, 0.05) is 24.6 Å². The molecule has 2 saturated carbocycles. The van der Waals surface area contributed by atoms with E-state index in [0.29, 0.717) is 17.6 Å². The van der Waals surface area contributed by atoms with E-state index in [2.05, 4.69) is 33.0 Å². The summed E-state index contributed by atoms with van der Waals surface area (Å²) in [5.74, 6) is 0. The van der Waals surface area contributed by atoms with E-state index in [-0.39, 0.29) is 11.5 Å². The van der Waals surface area contributed by atoms with Gasteiger partial charge in [0.25, 0.3) is 0 Å². The molecule has 0 amide bonds. The van der Waals surface area contributed by atoms with Crippen molar-refractivity contribution in [2.75, 3.05) is 13.2 Å². The topological polar surface area (TPSA) is 41.5 Å². The molecule has 3 heteroatoms. The molecule has 0 heterocycles. The van der Waals surface area contributed by atoms with Crippen molar-refractivity contribution in [1.82, 2.24) is 5.32 Å². The Morgan fingerprint density at radius 2 is 1.90 bits per heavy atom. The molecule has 0 saturated heterocycles. The predicted octanol–water partition coefficient (Wildman–Crippen LogP) is 3.50. The lowest BCUT2D eigenvalue weighted by molar-refractivity contribution is -0.151. The van der Waals surface area contributed by atoms with Crippen LogP contribution in [0, 0.1) is 10.8 Å². The maximum absolute atomic E-state index is 10.2. The van der Waals surface area contributed by atoms with Crippen molar-refractivity contribution in [2.24, 2.45) is 10.8 Å². The molecular formula is C18H35NO2. The van der Waals surface area contributed by atoms with Gasteiger partial charge < -0.3 is 15.2 Å². The van der Waals surface area contributed by atoms with Gasteiger partial charge in [-0.05, 0) is 38.0 Å². The Kier molecular flexibility index (Phi) is 5.72. The third-order valence-electron chi connectivity index (χ3n) is 5.39. The van der Waals surface area contributed by atoms with Crippen LogP contribution in [-0.4, -0.2) is 36.5 Å². The van der Waals surface area contributed by atoms with Crippen molar-refractivity contribution in [2.45, 2.75) is 90.9 Å². The Hall–Kier alpha value is -0.120. The van der Waals surface area contributed by atoms with Crippen LogP contribution in [0.25, 0.3) is 0 Å². The fourth-order valence-corrected chi connectivity index (χ4v) is 4.41. The lowest BCUT2D eigenvalue weighted by Crippen LogP contribution is -2.65. The average molecular weight is 297 g/mol. The summed E-state index contributed by atoms with van der Waals surface area (Å²) in [7, 11) is 0. The number of aliphatic hydroxyl groups is 1. The van der Waals surface area contributed by atoms with Gasteiger partial charge in [-0.25, -0.2) is 0 Å². The third-order valence-corrected chi connectivity index (χ3v) is 5.39. The van der Waals surface area contributed by atoms with Gasteiger partial charge in [0.05, 0.1) is 12.2 Å². The first-order chi connectivity index (χ1) is 9.87. The first-order valence-corrected chi connectivity index (χ1v) is 8.90. The lowest BCUT2D eigenvalue weighted by Gasteiger charge is -2.58. The van der Waals surface area contributed by atoms with Crippen LogP contribution in [-0.2, 0) is 4.74 Å². The SMILES string of the molecule is CCOC1CC(NCC(O)CC(C)(C)C)C12CCCCC2. The molecule has 0 bridgehead atoms. The minimum atomic E-state index is -0.239. The van der Waals surface area contributed by atoms with E-state index in [0.717, 1.165) is 26.0 Å². The molecule has 124 valence electrons. The van der Waals surface area contributed by atoms with Gasteiger partial charge in [-0.2, -0.15) is 0 Å². The number of hydrogen-bond acceptors (Lipinski definition) is 3. The molecule has 2 aliphatic rings. The van der Waals surface area contributed by atoms with Crippen molar-refractivity contribution < 1.29 is 9.84 Å². The molecular weight excluding hydrogens is 262 g/mol. The average Bonchev–Trinajstić information content (AvgIpc) is 2.41. The van der Waals surface area contributed by atoms with Crippen molar-refractivity contribution in [3.63, 3.8) is 0 Å². The minimum Gasteiger partial charge on any atom is -0.392 e. The highest BCUT2D eigenvalue weighted by atomic mass is 16.5. The summed E-state index contributed by atoms with van der Waals surface area (Å²) >= 11 is 0. The van der Waals surface area contributed by atoms with Gasteiger partial charge in [-0.1, -0.05) is 40.0 Å². The first-order valence-electron chi connectivity index (χ1n) is 8.90. The van der Waals surface area contributed by atoms with Gasteiger partial charge in [-0.15, -0.1) is 0 Å². The van der Waals surface area contributed by atoms with Crippen LogP contribution in [0.4, 0.5) is 0 Å². The first kappa shape index (κ1) is 17.2. The fourth-order valence-electron chi connectivity index (χ4n) is 4.41. The Labute approximate surface area is 130 Å². The zero-order valence-electron chi connectivity index (χ0n) is 14.5. The molecule has 3 unspecified atom stereocenters. The zero-order chi connectivity index (χ0) is 15.5. The summed E-state index contributed by atoms with van der Waals surface area (Å²) in [6.45, 7) is 10.2. The summed E-state index contributed by atoms with van der Waals surface area (Å²) in [5.41, 5.74) is 0.548. The number of nitrogens with one attached hydrogen (secondary N) is 1. The third kappa shape index (κ3) is 4.20. The zero-order valence-corrected chi connectivity index (χ0v) is 14.5. The van der Waals surface area contributed by atoms with Crippen molar-refractivity contribution >= 4 is 0 Å². The van der Waals surface area contributed by atoms with E-state index in [9.17, 15) is 5.11 Å². The van der Waals surface area contributed by atoms with Crippen LogP contribution in [0.15, 0.2) is 0 Å². The van der Waals surface area contributed by atoms with Gasteiger partial charge in [0.15, 0.2) is 0 Å². The molecule has 2 rings (SSSR count). The highest BCUT2D eigenvalue weighted by Crippen LogP contribution is 2.53. The summed E-state index contributed by atoms with van der Waals surface area (Å²) in [6, 6.07) is 0.545. The standard InChI is InChI=1S/C18H35NO2/c1-5-21-16-11-15(18(16)9-7-6-8-10-18)19-13-14(20)12-17(2,3)4/h14-16,19-20H,5-13H2,1-4H3. The molecule has 2 N–H and O–H groups in total. The minimum absolute atomic E-state index is 0.192. The highest BCUT2D eigenvalue weighted by molar-refractivity contribution is 5.09. The Balaban J connectivity index is 1.85. The molecule has 2 fully saturated rings. The Morgan fingerprint density at radius 1 is 1.24 bits per heavy atom. The van der Waals surface area contributed by atoms with Crippen molar-refractivity contribution in [3.05, 3.63) is 0 Å². The maximum atomic E-state index is 10.2. The van der Waals surface area contributed by atoms with E-state index in [1.165, 1.54) is 32.1 Å². The molecule has 3 nitrogen and oxygen atoms in total. The van der Waals surface area contributed by atoms with E-state index in [4.69, 9.17) is 4.74 Å². The lowest BCUT2D eigenvalue weighted by atomic mass is 9.55. The van der Waals surface area contributed by atoms with E-state index >= 15 is 0 Å². The van der Waals surface area contributed by atoms with E-state index in [1.54, 1.807) is 0 Å². The number of hydrogen-bond donors (Lipinski definition) is 2. The monoisotopic (exact) mass is 297 g/mol. The highest BCUT2D eigenvalue weighted by Gasteiger charge is 2.55. The molecule has 1 spiro atoms. The van der Waals surface area contributed by atoms with Crippen LogP contribution in [0.5, 0.6) is 0 Å². The molecule has 3 atom stereocenters. The van der Waals surface area contributed by atoms with Crippen LogP contribution >= 0.6 is 0 Å². The molecule has 0 aromatic rings. The van der Waals surface area contributed by atoms with Crippen LogP contribution in [0.1, 0.15) is 72.6 Å². The van der Waals surface area contributed by atoms with Gasteiger partial charge >= 0.3 is 0 Å². The van der Waals surface area contributed by atoms with E-state index < -0.39 is 0 Å². The summed E-state index contributed by atoms with van der Waals surface area (Å²) in [6.07, 6.45) is 8.83. The van der Waals surface area contributed by atoms with Crippen LogP contribution < -0.4 is 5.32 Å². The van der Waals surface area contributed by atoms with E-state index in [1.807, 2.05) is 0 Å². The van der Waals surface area contributed by atoms with Gasteiger partial charge in [-0.3, -0.25) is 0 Å². The van der Waals surface area contributed by atoms with Crippen LogP contribution in [0.2, 0.25) is 0 Å². The predicted molar refractivity (Wildman–Crippen MR) is 87.4 cm³/mol. The number of aliphatic hydroxyl groups excluding tert-OH is 1. The maximum Gasteiger partial charge on any atom is 0.0669 e. The number of rotatable bonds is 6. The second kappa shape index (κ2) is 6.97. The fraction of sp³-hybridized carbons (Fsp3) is 1.00. The Morgan fingerprint density at radius 3 is 2.48 bits per heavy atom. The quantitative estimate of drug-likeness (QED) is 0.788.